The molecule has 0 amide bonds. The number of benzene rings is 2. The third-order valence-electron chi connectivity index (χ3n) is 5.46. The molecule has 0 bridgehead atoms. The minimum atomic E-state index is -1.03. The summed E-state index contributed by atoms with van der Waals surface area (Å²) in [4.78, 5) is 6.24. The lowest BCUT2D eigenvalue weighted by atomic mass is 10.0. The van der Waals surface area contributed by atoms with Crippen molar-refractivity contribution in [3.63, 3.8) is 0 Å². The van der Waals surface area contributed by atoms with Gasteiger partial charge in [0.05, 0.1) is 0 Å². The van der Waals surface area contributed by atoms with Crippen LogP contribution in [0.2, 0.25) is 0 Å². The highest BCUT2D eigenvalue weighted by molar-refractivity contribution is 7.58. The number of allylic oxidation sites excluding steroid dienone is 8. The molecule has 6 rings (SSSR count). The molecule has 0 saturated heterocycles. The van der Waals surface area contributed by atoms with E-state index in [1.165, 1.54) is 31.5 Å². The van der Waals surface area contributed by atoms with Gasteiger partial charge in [0.25, 0.3) is 0 Å². The van der Waals surface area contributed by atoms with E-state index >= 15 is 0 Å². The summed E-state index contributed by atoms with van der Waals surface area (Å²) in [6, 6.07) is 17.2. The van der Waals surface area contributed by atoms with E-state index in [2.05, 4.69) is 89.8 Å². The van der Waals surface area contributed by atoms with Gasteiger partial charge in [0, 0.05) is 21.6 Å². The van der Waals surface area contributed by atoms with E-state index < -0.39 is 15.8 Å². The average molecular weight is 415 g/mol. The van der Waals surface area contributed by atoms with Crippen molar-refractivity contribution in [3.8, 4) is 0 Å². The van der Waals surface area contributed by atoms with Gasteiger partial charge in [0.1, 0.15) is 4.86 Å². The SMILES string of the molecule is C1=CCC2=c3ccccc3=[P+](N[P+]3=c4ccccc4=C4CC=CC=C4O3)OC2=C1. The zero-order valence-electron chi connectivity index (χ0n) is 15.7. The number of fused-ring (bicyclic) bond motifs is 4. The summed E-state index contributed by atoms with van der Waals surface area (Å²) < 4.78 is 13.0. The van der Waals surface area contributed by atoms with Gasteiger partial charge in [-0.05, 0) is 49.3 Å². The molecule has 0 fully saturated rings. The van der Waals surface area contributed by atoms with Crippen LogP contribution in [0.3, 0.4) is 0 Å². The zero-order chi connectivity index (χ0) is 19.2. The van der Waals surface area contributed by atoms with Crippen LogP contribution in [0.25, 0.3) is 11.1 Å². The topological polar surface area (TPSA) is 30.5 Å². The molecule has 2 heterocycles. The Morgan fingerprint density at radius 1 is 0.655 bits per heavy atom. The molecule has 0 radical (unpaired) electrons. The van der Waals surface area contributed by atoms with Crippen LogP contribution in [0.1, 0.15) is 12.8 Å². The molecule has 140 valence electrons. The molecule has 1 N–H and O–H groups in total. The van der Waals surface area contributed by atoms with Crippen molar-refractivity contribution < 1.29 is 9.05 Å². The van der Waals surface area contributed by atoms with Crippen LogP contribution in [0.4, 0.5) is 0 Å². The maximum atomic E-state index is 6.49. The first-order valence-electron chi connectivity index (χ1n) is 9.76. The summed E-state index contributed by atoms with van der Waals surface area (Å²) in [6.45, 7) is 0. The molecule has 2 aromatic rings. The first kappa shape index (κ1) is 17.2. The van der Waals surface area contributed by atoms with E-state index in [1.807, 2.05) is 0 Å². The van der Waals surface area contributed by atoms with E-state index in [1.54, 1.807) is 0 Å². The van der Waals surface area contributed by atoms with Crippen LogP contribution < -0.4 is 15.3 Å². The monoisotopic (exact) mass is 415 g/mol. The van der Waals surface area contributed by atoms with Gasteiger partial charge in [0.2, 0.25) is 9.88 Å². The predicted molar refractivity (Wildman–Crippen MR) is 119 cm³/mol. The second-order valence-corrected chi connectivity index (χ2v) is 10.5. The Balaban J connectivity index is 1.58. The van der Waals surface area contributed by atoms with Gasteiger partial charge in [-0.25, -0.2) is 0 Å². The summed E-state index contributed by atoms with van der Waals surface area (Å²) in [6.07, 6.45) is 14.5. The molecule has 0 spiro atoms. The molecule has 0 saturated carbocycles. The summed E-state index contributed by atoms with van der Waals surface area (Å²) in [7, 11) is -2.05. The smallest absolute Gasteiger partial charge is 0.266 e. The minimum absolute atomic E-state index is 0.914. The standard InChI is InChI=1S/C24H19NO2P2/c1-5-13-21-17(9-1)19-11-3-7-15-23(19)28(26-21)25-29-24-16-8-4-12-20(24)18-10-2-6-14-22(18)27-29/h1-8,11-16,25H,9-10H2/q+2. The van der Waals surface area contributed by atoms with Gasteiger partial charge < -0.3 is 0 Å². The molecule has 2 aromatic carbocycles. The third kappa shape index (κ3) is 2.86. The van der Waals surface area contributed by atoms with Crippen molar-refractivity contribution in [2.45, 2.75) is 12.8 Å². The van der Waals surface area contributed by atoms with Gasteiger partial charge in [-0.2, -0.15) is 0 Å². The molecule has 2 atom stereocenters. The molecule has 2 unspecified atom stereocenters. The van der Waals surface area contributed by atoms with Crippen LogP contribution >= 0.6 is 15.8 Å². The van der Waals surface area contributed by atoms with Crippen molar-refractivity contribution in [1.29, 1.82) is 0 Å². The van der Waals surface area contributed by atoms with Gasteiger partial charge in [-0.1, -0.05) is 48.6 Å². The molecule has 5 heteroatoms. The van der Waals surface area contributed by atoms with Crippen LogP contribution in [0, 0.1) is 9.88 Å². The van der Waals surface area contributed by atoms with Gasteiger partial charge >= 0.3 is 15.8 Å². The Morgan fingerprint density at radius 3 is 1.66 bits per heavy atom. The first-order chi connectivity index (χ1) is 14.4. The summed E-state index contributed by atoms with van der Waals surface area (Å²) in [5.41, 5.74) is 2.55. The highest BCUT2D eigenvalue weighted by Crippen LogP contribution is 2.45. The molecule has 0 aromatic heterocycles. The minimum Gasteiger partial charge on any atom is -0.266 e. The zero-order valence-corrected chi connectivity index (χ0v) is 17.5. The number of hydrogen-bond acceptors (Lipinski definition) is 3. The predicted octanol–water partition coefficient (Wildman–Crippen LogP) is 5.15. The quantitative estimate of drug-likeness (QED) is 0.688. The summed E-state index contributed by atoms with van der Waals surface area (Å²) in [5.74, 6) is 1.97. The van der Waals surface area contributed by atoms with Crippen LogP contribution in [-0.4, -0.2) is 0 Å². The number of rotatable bonds is 2. The highest BCUT2D eigenvalue weighted by atomic mass is 31.2. The Labute approximate surface area is 170 Å². The van der Waals surface area contributed by atoms with E-state index in [0.717, 1.165) is 24.4 Å². The highest BCUT2D eigenvalue weighted by Gasteiger charge is 2.37. The van der Waals surface area contributed by atoms with E-state index in [4.69, 9.17) is 9.05 Å². The average Bonchev–Trinajstić information content (AvgIpc) is 2.79. The maximum absolute atomic E-state index is 6.49. The van der Waals surface area contributed by atoms with Crippen LogP contribution in [0.15, 0.2) is 96.5 Å². The van der Waals surface area contributed by atoms with Gasteiger partial charge in [0.15, 0.2) is 11.5 Å². The van der Waals surface area contributed by atoms with E-state index in [0.29, 0.717) is 0 Å². The summed E-state index contributed by atoms with van der Waals surface area (Å²) >= 11 is 0. The second kappa shape index (κ2) is 6.97. The Kier molecular flexibility index (Phi) is 4.13. The number of nitrogens with one attached hydrogen (secondary N) is 1. The lowest BCUT2D eigenvalue weighted by Crippen LogP contribution is -2.19. The molecule has 2 aliphatic heterocycles. The fraction of sp³-hybridized carbons (Fsp3) is 0.0833. The lowest BCUT2D eigenvalue weighted by Gasteiger charge is -2.14. The van der Waals surface area contributed by atoms with Gasteiger partial charge in [-0.3, -0.25) is 9.05 Å². The van der Waals surface area contributed by atoms with Crippen molar-refractivity contribution in [2.75, 3.05) is 0 Å². The maximum Gasteiger partial charge on any atom is 0.454 e. The van der Waals surface area contributed by atoms with Crippen molar-refractivity contribution in [3.05, 3.63) is 117 Å². The van der Waals surface area contributed by atoms with E-state index in [-0.39, 0.29) is 0 Å². The Bertz CT molecular complexity index is 1320. The molecule has 2 aliphatic carbocycles. The van der Waals surface area contributed by atoms with E-state index in [9.17, 15) is 0 Å². The third-order valence-corrected chi connectivity index (χ3v) is 9.33. The van der Waals surface area contributed by atoms with Crippen molar-refractivity contribution in [1.82, 2.24) is 4.86 Å². The van der Waals surface area contributed by atoms with Gasteiger partial charge in [-0.15, -0.1) is 0 Å². The fourth-order valence-electron chi connectivity index (χ4n) is 4.08. The molecular weight excluding hydrogens is 396 g/mol. The molecule has 29 heavy (non-hydrogen) atoms. The normalized spacial score (nSPS) is 21.1. The van der Waals surface area contributed by atoms with Crippen LogP contribution in [-0.2, 0) is 9.05 Å². The summed E-state index contributed by atoms with van der Waals surface area (Å²) in [5, 5.41) is 2.58. The molecular formula is C24H19NO2P2+2. The Hall–Kier alpha value is -2.70. The van der Waals surface area contributed by atoms with Crippen molar-refractivity contribution in [2.24, 2.45) is 0 Å². The second-order valence-electron chi connectivity index (χ2n) is 7.19. The largest absolute Gasteiger partial charge is 0.454 e. The molecule has 4 aliphatic rings. The van der Waals surface area contributed by atoms with Crippen molar-refractivity contribution >= 4 is 27.0 Å². The number of hydrogen-bond donors (Lipinski definition) is 1. The first-order valence-corrected chi connectivity index (χ1v) is 12.3. The molecule has 3 nitrogen and oxygen atoms in total. The Morgan fingerprint density at radius 2 is 1.14 bits per heavy atom. The fourth-order valence-corrected chi connectivity index (χ4v) is 8.16. The lowest BCUT2D eigenvalue weighted by molar-refractivity contribution is 0.483. The van der Waals surface area contributed by atoms with Crippen LogP contribution in [0.5, 0.6) is 0 Å².